The summed E-state index contributed by atoms with van der Waals surface area (Å²) in [6, 6.07) is 12.4. The van der Waals surface area contributed by atoms with E-state index in [9.17, 15) is 4.21 Å². The first-order chi connectivity index (χ1) is 16.6. The van der Waals surface area contributed by atoms with E-state index < -0.39 is 11.4 Å². The van der Waals surface area contributed by atoms with Gasteiger partial charge in [0.15, 0.2) is 0 Å². The van der Waals surface area contributed by atoms with Crippen LogP contribution in [0.1, 0.15) is 36.9 Å². The fourth-order valence-electron chi connectivity index (χ4n) is 4.46. The minimum atomic E-state index is -2.26. The molecule has 8 nitrogen and oxygen atoms in total. The Hall–Kier alpha value is -3.14. The molecule has 1 aromatic carbocycles. The van der Waals surface area contributed by atoms with Crippen molar-refractivity contribution < 1.29 is 12.9 Å². The highest BCUT2D eigenvalue weighted by molar-refractivity contribution is 7.74. The van der Waals surface area contributed by atoms with E-state index in [0.717, 1.165) is 71.6 Å². The molecular weight excluding hydrogens is 450 g/mol. The van der Waals surface area contributed by atoms with Gasteiger partial charge in [-0.15, -0.1) is 0 Å². The number of benzene rings is 1. The summed E-state index contributed by atoms with van der Waals surface area (Å²) in [7, 11) is 0. The maximum atomic E-state index is 10.7. The number of pyridine rings is 1. The molecule has 1 unspecified atom stereocenters. The van der Waals surface area contributed by atoms with Gasteiger partial charge in [-0.3, -0.25) is 13.7 Å². The minimum Gasteiger partial charge on any atom is -0.343 e. The lowest BCUT2D eigenvalue weighted by molar-refractivity contribution is 0.297. The summed E-state index contributed by atoms with van der Waals surface area (Å²) in [5.41, 5.74) is 5.02. The van der Waals surface area contributed by atoms with E-state index in [2.05, 4.69) is 44.7 Å². The monoisotopic (exact) mass is 477 g/mol. The molecule has 1 aliphatic rings. The van der Waals surface area contributed by atoms with Crippen molar-refractivity contribution in [1.29, 1.82) is 0 Å². The van der Waals surface area contributed by atoms with Crippen LogP contribution in [0.2, 0.25) is 0 Å². The lowest BCUT2D eigenvalue weighted by Gasteiger charge is -2.33. The normalized spacial score (nSPS) is 15.6. The van der Waals surface area contributed by atoms with Crippen LogP contribution in [0, 0.1) is 0 Å². The van der Waals surface area contributed by atoms with E-state index in [0.29, 0.717) is 6.04 Å². The number of aryl methyl sites for hydroxylation is 1. The lowest BCUT2D eigenvalue weighted by Crippen LogP contribution is -2.35. The van der Waals surface area contributed by atoms with Gasteiger partial charge in [0, 0.05) is 48.7 Å². The van der Waals surface area contributed by atoms with Gasteiger partial charge in [-0.25, -0.2) is 9.97 Å². The zero-order chi connectivity index (χ0) is 23.5. The molecule has 0 spiro atoms. The van der Waals surface area contributed by atoms with Gasteiger partial charge in [-0.1, -0.05) is 31.2 Å². The molecule has 0 aliphatic carbocycles. The van der Waals surface area contributed by atoms with Crippen LogP contribution < -0.4 is 4.90 Å². The highest BCUT2D eigenvalue weighted by Crippen LogP contribution is 2.30. The Morgan fingerprint density at radius 2 is 1.76 bits per heavy atom. The highest BCUT2D eigenvalue weighted by Gasteiger charge is 2.23. The fraction of sp³-hybridized carbons (Fsp3) is 0.320. The number of aromatic nitrogens is 4. The van der Waals surface area contributed by atoms with Gasteiger partial charge >= 0.3 is 11.4 Å². The molecule has 1 saturated heterocycles. The van der Waals surface area contributed by atoms with E-state index in [4.69, 9.17) is 13.7 Å². The standard InChI is InChI=1S/C25H27N5O3S/c1-2-18-14-27-25(28-15-18)29-10-8-22(9-11-29)30-12-7-21-13-23(26-16-24(21)30)20-5-3-19(4-6-20)17-33-34(31)32/h3-7,12-16,22H,2,8-11,17H2,1H3,(H,31,32). The second-order valence-corrected chi connectivity index (χ2v) is 9.16. The maximum Gasteiger partial charge on any atom is 0.302 e. The molecule has 3 aromatic heterocycles. The van der Waals surface area contributed by atoms with Crippen LogP contribution in [0.5, 0.6) is 0 Å². The summed E-state index contributed by atoms with van der Waals surface area (Å²) in [5.74, 6) is 0.821. The first kappa shape index (κ1) is 22.6. The van der Waals surface area contributed by atoms with Crippen molar-refractivity contribution in [3.63, 3.8) is 0 Å². The third kappa shape index (κ3) is 4.86. The second kappa shape index (κ2) is 10.0. The van der Waals surface area contributed by atoms with Crippen LogP contribution in [0.15, 0.2) is 61.2 Å². The summed E-state index contributed by atoms with van der Waals surface area (Å²) in [6.45, 7) is 4.07. The number of hydrogen-bond acceptors (Lipinski definition) is 6. The number of fused-ring (bicyclic) bond motifs is 1. The van der Waals surface area contributed by atoms with Gasteiger partial charge in [0.1, 0.15) is 0 Å². The fourth-order valence-corrected chi connectivity index (χ4v) is 4.70. The molecule has 1 atom stereocenters. The predicted molar refractivity (Wildman–Crippen MR) is 133 cm³/mol. The molecule has 1 aliphatic heterocycles. The average Bonchev–Trinajstić information content (AvgIpc) is 3.31. The first-order valence-corrected chi connectivity index (χ1v) is 12.5. The SMILES string of the molecule is CCc1cnc(N2CCC(n3ccc4cc(-c5ccc(COS(=O)O)cc5)ncc43)CC2)nc1. The minimum absolute atomic E-state index is 0.0910. The van der Waals surface area contributed by atoms with Crippen LogP contribution >= 0.6 is 0 Å². The molecule has 34 heavy (non-hydrogen) atoms. The highest BCUT2D eigenvalue weighted by atomic mass is 32.2. The van der Waals surface area contributed by atoms with Crippen LogP contribution in [0.3, 0.4) is 0 Å². The summed E-state index contributed by atoms with van der Waals surface area (Å²) in [4.78, 5) is 16.1. The second-order valence-electron chi connectivity index (χ2n) is 8.49. The van der Waals surface area contributed by atoms with E-state index in [-0.39, 0.29) is 6.61 Å². The molecule has 1 fully saturated rings. The van der Waals surface area contributed by atoms with Crippen LogP contribution in [-0.2, 0) is 28.6 Å². The van der Waals surface area contributed by atoms with Crippen molar-refractivity contribution in [1.82, 2.24) is 19.5 Å². The molecular formula is C25H27N5O3S. The number of hydrogen-bond donors (Lipinski definition) is 1. The van der Waals surface area contributed by atoms with E-state index in [1.165, 1.54) is 0 Å². The Balaban J connectivity index is 1.27. The molecule has 5 rings (SSSR count). The number of anilines is 1. The maximum absolute atomic E-state index is 10.7. The van der Waals surface area contributed by atoms with Gasteiger partial charge in [0.2, 0.25) is 5.95 Å². The Morgan fingerprint density at radius 3 is 2.44 bits per heavy atom. The Morgan fingerprint density at radius 1 is 1.03 bits per heavy atom. The zero-order valence-electron chi connectivity index (χ0n) is 19.0. The smallest absolute Gasteiger partial charge is 0.302 e. The Kier molecular flexibility index (Phi) is 6.66. The van der Waals surface area contributed by atoms with Crippen molar-refractivity contribution in [3.05, 3.63) is 72.3 Å². The van der Waals surface area contributed by atoms with Crippen molar-refractivity contribution in [2.24, 2.45) is 0 Å². The van der Waals surface area contributed by atoms with E-state index >= 15 is 0 Å². The average molecular weight is 478 g/mol. The Bertz CT molecular complexity index is 1280. The van der Waals surface area contributed by atoms with Crippen molar-refractivity contribution in [3.8, 4) is 11.3 Å². The number of piperidine rings is 1. The summed E-state index contributed by atoms with van der Waals surface area (Å²) >= 11 is -2.26. The zero-order valence-corrected chi connectivity index (χ0v) is 19.8. The Labute approximate surface area is 201 Å². The molecule has 176 valence electrons. The van der Waals surface area contributed by atoms with Gasteiger partial charge in [0.25, 0.3) is 0 Å². The van der Waals surface area contributed by atoms with Crippen molar-refractivity contribution in [2.45, 2.75) is 38.8 Å². The first-order valence-electron chi connectivity index (χ1n) is 11.5. The molecule has 1 N–H and O–H groups in total. The third-order valence-electron chi connectivity index (χ3n) is 6.42. The van der Waals surface area contributed by atoms with Crippen LogP contribution in [0.25, 0.3) is 22.2 Å². The lowest BCUT2D eigenvalue weighted by atomic mass is 10.0. The van der Waals surface area contributed by atoms with Crippen LogP contribution in [0.4, 0.5) is 5.95 Å². The molecule has 0 bridgehead atoms. The van der Waals surface area contributed by atoms with E-state index in [1.807, 2.05) is 42.9 Å². The van der Waals surface area contributed by atoms with Gasteiger partial charge in [0.05, 0.1) is 24.0 Å². The molecule has 4 aromatic rings. The number of rotatable bonds is 7. The largest absolute Gasteiger partial charge is 0.343 e. The molecule has 0 amide bonds. The summed E-state index contributed by atoms with van der Waals surface area (Å²) in [5, 5.41) is 1.16. The van der Waals surface area contributed by atoms with Crippen molar-refractivity contribution in [2.75, 3.05) is 18.0 Å². The molecule has 4 heterocycles. The summed E-state index contributed by atoms with van der Waals surface area (Å²) < 4.78 is 26.5. The summed E-state index contributed by atoms with van der Waals surface area (Å²) in [6.07, 6.45) is 11.0. The van der Waals surface area contributed by atoms with Gasteiger partial charge in [-0.2, -0.15) is 4.21 Å². The third-order valence-corrected chi connectivity index (χ3v) is 6.74. The number of nitrogens with zero attached hydrogens (tertiary/aromatic N) is 5. The van der Waals surface area contributed by atoms with Crippen LogP contribution in [-0.4, -0.2) is 41.4 Å². The van der Waals surface area contributed by atoms with Gasteiger partial charge in [-0.05, 0) is 42.5 Å². The molecule has 9 heteroatoms. The van der Waals surface area contributed by atoms with Crippen molar-refractivity contribution >= 4 is 28.2 Å². The predicted octanol–water partition coefficient (Wildman–Crippen LogP) is 4.55. The molecule has 0 saturated carbocycles. The molecule has 0 radical (unpaired) electrons. The quantitative estimate of drug-likeness (QED) is 0.390. The van der Waals surface area contributed by atoms with E-state index in [1.54, 1.807) is 0 Å². The topological polar surface area (TPSA) is 93.4 Å². The van der Waals surface area contributed by atoms with Gasteiger partial charge < -0.3 is 9.47 Å².